The number of amides is 6. The molecule has 0 aromatic heterocycles. The van der Waals surface area contributed by atoms with Crippen molar-refractivity contribution in [1.29, 1.82) is 0 Å². The van der Waals surface area contributed by atoms with Crippen molar-refractivity contribution in [3.05, 3.63) is 38.3 Å². The molecule has 6 amide bonds. The van der Waals surface area contributed by atoms with Crippen molar-refractivity contribution in [3.8, 4) is 0 Å². The molecule has 270 valence electrons. The zero-order valence-corrected chi connectivity index (χ0v) is 29.4. The highest BCUT2D eigenvalue weighted by atomic mass is 16.2. The standard InChI is InChI=1S/C19H33N3O3.C8H13NO.C6H9NO.C3H5NO/c1-3-17(22-10-6-4-5-8-19(22)25)13-16(20-14-23)12-15(2)21-11-7-9-18(21)24;1-2-9-7-5-3-4-6-8(9)10;1-2-7-5-3-4-6(7)8;1-2-4-3-5/h14-17H,3-13H2,1-2H3,(H,20,23);2H,1,3-7H2;2H,1,3-5H2;2-3H,1H2,(H,4,5). The van der Waals surface area contributed by atoms with Crippen LogP contribution in [-0.4, -0.2) is 100 Å². The quantitative estimate of drug-likeness (QED) is 0.281. The van der Waals surface area contributed by atoms with Gasteiger partial charge in [0.15, 0.2) is 0 Å². The third-order valence-electron chi connectivity index (χ3n) is 9.00. The van der Waals surface area contributed by atoms with Gasteiger partial charge in [-0.3, -0.25) is 28.8 Å². The molecule has 2 N–H and O–H groups in total. The minimum absolute atomic E-state index is 0.0121. The summed E-state index contributed by atoms with van der Waals surface area (Å²) in [5.41, 5.74) is 0. The molecule has 3 atom stereocenters. The van der Waals surface area contributed by atoms with E-state index in [9.17, 15) is 28.8 Å². The Bertz CT molecular complexity index is 1050. The van der Waals surface area contributed by atoms with Gasteiger partial charge in [-0.2, -0.15) is 0 Å². The second-order valence-electron chi connectivity index (χ2n) is 12.4. The number of carbonyl (C=O) groups excluding carboxylic acids is 6. The molecular weight excluding hydrogens is 612 g/mol. The number of hydrogen-bond acceptors (Lipinski definition) is 6. The van der Waals surface area contributed by atoms with Crippen molar-refractivity contribution in [2.45, 2.75) is 128 Å². The average molecular weight is 673 g/mol. The van der Waals surface area contributed by atoms with Gasteiger partial charge in [-0.25, -0.2) is 0 Å². The molecule has 12 nitrogen and oxygen atoms in total. The molecule has 0 aliphatic carbocycles. The van der Waals surface area contributed by atoms with Gasteiger partial charge in [-0.15, -0.1) is 0 Å². The maximum Gasteiger partial charge on any atom is 0.226 e. The van der Waals surface area contributed by atoms with Crippen LogP contribution in [0.2, 0.25) is 0 Å². The summed E-state index contributed by atoms with van der Waals surface area (Å²) >= 11 is 0. The molecule has 4 rings (SSSR count). The summed E-state index contributed by atoms with van der Waals surface area (Å²) in [5, 5.41) is 5.12. The van der Waals surface area contributed by atoms with E-state index in [-0.39, 0.29) is 41.8 Å². The molecule has 0 aromatic carbocycles. The topological polar surface area (TPSA) is 139 Å². The van der Waals surface area contributed by atoms with Gasteiger partial charge in [0.05, 0.1) is 0 Å². The van der Waals surface area contributed by atoms with Crippen LogP contribution in [0.15, 0.2) is 38.3 Å². The molecule has 12 heteroatoms. The zero-order valence-electron chi connectivity index (χ0n) is 29.4. The smallest absolute Gasteiger partial charge is 0.226 e. The molecule has 0 aromatic rings. The number of nitrogens with one attached hydrogen (secondary N) is 2. The van der Waals surface area contributed by atoms with E-state index in [1.807, 2.05) is 9.80 Å². The number of carbonyl (C=O) groups is 6. The predicted molar refractivity (Wildman–Crippen MR) is 188 cm³/mol. The summed E-state index contributed by atoms with van der Waals surface area (Å²) in [4.78, 5) is 73.7. The third kappa shape index (κ3) is 15.8. The van der Waals surface area contributed by atoms with Crippen LogP contribution < -0.4 is 10.6 Å². The van der Waals surface area contributed by atoms with Crippen LogP contribution in [0.5, 0.6) is 0 Å². The van der Waals surface area contributed by atoms with E-state index in [4.69, 9.17) is 0 Å². The Morgan fingerprint density at radius 2 is 1.15 bits per heavy atom. The summed E-state index contributed by atoms with van der Waals surface area (Å²) in [6.07, 6.45) is 19.3. The van der Waals surface area contributed by atoms with E-state index in [0.717, 1.165) is 96.8 Å². The first-order valence-corrected chi connectivity index (χ1v) is 17.6. The molecule has 0 radical (unpaired) electrons. The minimum Gasteiger partial charge on any atom is -0.356 e. The lowest BCUT2D eigenvalue weighted by Crippen LogP contribution is -2.46. The Hall–Kier alpha value is -3.96. The zero-order chi connectivity index (χ0) is 35.7. The second kappa shape index (κ2) is 25.1. The van der Waals surface area contributed by atoms with E-state index in [1.165, 1.54) is 12.6 Å². The highest BCUT2D eigenvalue weighted by Crippen LogP contribution is 2.22. The van der Waals surface area contributed by atoms with E-state index >= 15 is 0 Å². The molecule has 4 aliphatic heterocycles. The highest BCUT2D eigenvalue weighted by molar-refractivity contribution is 5.79. The Morgan fingerprint density at radius 3 is 1.60 bits per heavy atom. The summed E-state index contributed by atoms with van der Waals surface area (Å²) in [6, 6.07) is 0.260. The van der Waals surface area contributed by atoms with Crippen molar-refractivity contribution >= 4 is 36.4 Å². The minimum atomic E-state index is -0.0121. The molecule has 48 heavy (non-hydrogen) atoms. The largest absolute Gasteiger partial charge is 0.356 e. The molecule has 3 unspecified atom stereocenters. The fourth-order valence-corrected chi connectivity index (χ4v) is 6.34. The molecule has 0 saturated carbocycles. The summed E-state index contributed by atoms with van der Waals surface area (Å²) in [5.74, 6) is 0.900. The third-order valence-corrected chi connectivity index (χ3v) is 9.00. The fourth-order valence-electron chi connectivity index (χ4n) is 6.34. The van der Waals surface area contributed by atoms with Gasteiger partial charge in [0.1, 0.15) is 0 Å². The normalized spacial score (nSPS) is 19.8. The molecule has 4 aliphatic rings. The highest BCUT2D eigenvalue weighted by Gasteiger charge is 2.30. The average Bonchev–Trinajstić information content (AvgIpc) is 3.57. The van der Waals surface area contributed by atoms with Crippen LogP contribution in [0.4, 0.5) is 0 Å². The number of rotatable bonds is 13. The van der Waals surface area contributed by atoms with Crippen LogP contribution in [0.3, 0.4) is 0 Å². The Morgan fingerprint density at radius 1 is 0.646 bits per heavy atom. The van der Waals surface area contributed by atoms with Gasteiger partial charge < -0.3 is 30.2 Å². The Balaban J connectivity index is 0.000000405. The van der Waals surface area contributed by atoms with Gasteiger partial charge in [-0.05, 0) is 83.3 Å². The maximum absolute atomic E-state index is 12.4. The van der Waals surface area contributed by atoms with Crippen molar-refractivity contribution in [3.63, 3.8) is 0 Å². The molecule has 4 saturated heterocycles. The maximum atomic E-state index is 12.4. The number of hydrogen-bond donors (Lipinski definition) is 2. The van der Waals surface area contributed by atoms with Crippen LogP contribution in [0.25, 0.3) is 0 Å². The monoisotopic (exact) mass is 672 g/mol. The van der Waals surface area contributed by atoms with Gasteiger partial charge >= 0.3 is 0 Å². The second-order valence-corrected chi connectivity index (χ2v) is 12.4. The van der Waals surface area contributed by atoms with Gasteiger partial charge in [0.2, 0.25) is 36.4 Å². The van der Waals surface area contributed by atoms with Crippen molar-refractivity contribution in [2.75, 3.05) is 26.2 Å². The molecule has 4 fully saturated rings. The number of nitrogens with zero attached hydrogens (tertiary/aromatic N) is 4. The van der Waals surface area contributed by atoms with Crippen LogP contribution >= 0.6 is 0 Å². The molecule has 0 bridgehead atoms. The SMILES string of the molecule is C=CN1CCCC1=O.C=CN1CCCCCC1=O.C=CNC=O.CCC(CC(CC(C)N1CCCC1=O)NC=O)N1CCCCCC1=O. The number of likely N-dealkylation sites (tertiary alicyclic amines) is 4. The predicted octanol–water partition coefficient (Wildman–Crippen LogP) is 4.23. The first-order valence-electron chi connectivity index (χ1n) is 17.6. The van der Waals surface area contributed by atoms with Gasteiger partial charge in [-0.1, -0.05) is 39.5 Å². The van der Waals surface area contributed by atoms with E-state index in [1.54, 1.807) is 22.2 Å². The van der Waals surface area contributed by atoms with Crippen LogP contribution in [-0.2, 0) is 28.8 Å². The van der Waals surface area contributed by atoms with E-state index in [0.29, 0.717) is 32.1 Å². The summed E-state index contributed by atoms with van der Waals surface area (Å²) < 4.78 is 0. The Labute approximate surface area is 288 Å². The summed E-state index contributed by atoms with van der Waals surface area (Å²) in [6.45, 7) is 17.8. The molecule has 0 spiro atoms. The molecular formula is C36H60N6O6. The first kappa shape index (κ1) is 42.1. The summed E-state index contributed by atoms with van der Waals surface area (Å²) in [7, 11) is 0. The van der Waals surface area contributed by atoms with E-state index in [2.05, 4.69) is 44.2 Å². The lowest BCUT2D eigenvalue weighted by molar-refractivity contribution is -0.133. The van der Waals surface area contributed by atoms with Crippen molar-refractivity contribution in [1.82, 2.24) is 30.2 Å². The molecule has 4 heterocycles. The fraction of sp³-hybridized carbons (Fsp3) is 0.667. The van der Waals surface area contributed by atoms with E-state index < -0.39 is 0 Å². The van der Waals surface area contributed by atoms with Gasteiger partial charge in [0.25, 0.3) is 0 Å². The van der Waals surface area contributed by atoms with Gasteiger partial charge in [0, 0.05) is 70.0 Å². The van der Waals surface area contributed by atoms with Crippen molar-refractivity contribution in [2.24, 2.45) is 0 Å². The van der Waals surface area contributed by atoms with Crippen LogP contribution in [0.1, 0.15) is 110 Å². The lowest BCUT2D eigenvalue weighted by Gasteiger charge is -2.34. The lowest BCUT2D eigenvalue weighted by atomic mass is 9.97. The first-order chi connectivity index (χ1) is 23.2. The van der Waals surface area contributed by atoms with Crippen molar-refractivity contribution < 1.29 is 28.8 Å². The Kier molecular flexibility index (Phi) is 22.0. The van der Waals surface area contributed by atoms with Crippen LogP contribution in [0, 0.1) is 0 Å².